The lowest BCUT2D eigenvalue weighted by atomic mass is 9.85. The van der Waals surface area contributed by atoms with E-state index in [1.54, 1.807) is 6.92 Å². The number of amides is 2. The van der Waals surface area contributed by atoms with Crippen molar-refractivity contribution in [3.05, 3.63) is 20.8 Å². The van der Waals surface area contributed by atoms with Gasteiger partial charge in [-0.05, 0) is 35.0 Å². The number of carboxylic acids is 1. The zero-order valence-corrected chi connectivity index (χ0v) is 13.2. The Morgan fingerprint density at radius 3 is 2.95 bits per heavy atom. The first-order valence-electron chi connectivity index (χ1n) is 6.01. The molecule has 1 aliphatic rings. The summed E-state index contributed by atoms with van der Waals surface area (Å²) >= 11 is 4.88. The van der Waals surface area contributed by atoms with Crippen LogP contribution in [0.5, 0.6) is 0 Å². The molecule has 0 aliphatic carbocycles. The van der Waals surface area contributed by atoms with E-state index in [1.165, 1.54) is 11.3 Å². The average molecular weight is 363 g/mol. The predicted octanol–water partition coefficient (Wildman–Crippen LogP) is 1.80. The van der Waals surface area contributed by atoms with Gasteiger partial charge >= 0.3 is 12.0 Å². The Morgan fingerprint density at radius 2 is 2.35 bits per heavy atom. The van der Waals surface area contributed by atoms with Crippen molar-refractivity contribution in [3.63, 3.8) is 0 Å². The molecule has 1 fully saturated rings. The number of hydrogen-bond donors (Lipinski definition) is 3. The van der Waals surface area contributed by atoms with Gasteiger partial charge in [-0.1, -0.05) is 0 Å². The summed E-state index contributed by atoms with van der Waals surface area (Å²) in [5, 5.41) is 14.6. The Balaban J connectivity index is 1.86. The van der Waals surface area contributed by atoms with Crippen LogP contribution in [0.25, 0.3) is 0 Å². The first-order chi connectivity index (χ1) is 9.41. The van der Waals surface area contributed by atoms with Gasteiger partial charge in [0, 0.05) is 4.88 Å². The average Bonchev–Trinajstić information content (AvgIpc) is 2.95. The summed E-state index contributed by atoms with van der Waals surface area (Å²) in [5.74, 6) is -0.970. The highest BCUT2D eigenvalue weighted by molar-refractivity contribution is 9.11. The number of ether oxygens (including phenoxy) is 1. The van der Waals surface area contributed by atoms with Gasteiger partial charge in [-0.15, -0.1) is 11.3 Å². The Morgan fingerprint density at radius 1 is 1.60 bits per heavy atom. The molecule has 0 aromatic carbocycles. The Bertz CT molecular complexity index is 521. The summed E-state index contributed by atoms with van der Waals surface area (Å²) in [7, 11) is 0. The normalized spacial score (nSPS) is 25.4. The van der Waals surface area contributed by atoms with Gasteiger partial charge in [0.15, 0.2) is 0 Å². The molecule has 0 spiro atoms. The molecule has 0 bridgehead atoms. The minimum Gasteiger partial charge on any atom is -0.481 e. The van der Waals surface area contributed by atoms with Crippen molar-refractivity contribution >= 4 is 39.3 Å². The minimum atomic E-state index is -1.08. The Hall–Kier alpha value is -1.12. The second-order valence-electron chi connectivity index (χ2n) is 4.82. The summed E-state index contributed by atoms with van der Waals surface area (Å²) < 4.78 is 6.17. The molecule has 1 aromatic heterocycles. The van der Waals surface area contributed by atoms with E-state index < -0.39 is 23.5 Å². The number of hydrogen-bond acceptors (Lipinski definition) is 4. The van der Waals surface area contributed by atoms with E-state index in [4.69, 9.17) is 4.74 Å². The number of urea groups is 1. The van der Waals surface area contributed by atoms with Gasteiger partial charge in [-0.3, -0.25) is 4.79 Å². The third-order valence-electron chi connectivity index (χ3n) is 3.30. The quantitative estimate of drug-likeness (QED) is 0.761. The van der Waals surface area contributed by atoms with E-state index in [2.05, 4.69) is 26.6 Å². The molecular formula is C12H15BrN2O4S. The lowest BCUT2D eigenvalue weighted by Crippen LogP contribution is -2.52. The highest BCUT2D eigenvalue weighted by atomic mass is 79.9. The molecule has 110 valence electrons. The number of nitrogens with one attached hydrogen (secondary N) is 2. The first kappa shape index (κ1) is 15.3. The highest BCUT2D eigenvalue weighted by Crippen LogP contribution is 2.28. The van der Waals surface area contributed by atoms with E-state index in [9.17, 15) is 14.7 Å². The molecule has 2 atom stereocenters. The Labute approximate surface area is 128 Å². The molecular weight excluding hydrogens is 348 g/mol. The largest absolute Gasteiger partial charge is 0.481 e. The lowest BCUT2D eigenvalue weighted by Gasteiger charge is -2.25. The smallest absolute Gasteiger partial charge is 0.315 e. The molecule has 20 heavy (non-hydrogen) atoms. The summed E-state index contributed by atoms with van der Waals surface area (Å²) in [4.78, 5) is 24.1. The van der Waals surface area contributed by atoms with Gasteiger partial charge in [0.2, 0.25) is 0 Å². The second kappa shape index (κ2) is 6.11. The van der Waals surface area contributed by atoms with Crippen molar-refractivity contribution in [2.45, 2.75) is 19.5 Å². The van der Waals surface area contributed by atoms with Crippen LogP contribution in [0, 0.1) is 5.41 Å². The molecule has 1 saturated heterocycles. The third kappa shape index (κ3) is 3.31. The van der Waals surface area contributed by atoms with E-state index >= 15 is 0 Å². The molecule has 2 unspecified atom stereocenters. The van der Waals surface area contributed by atoms with Gasteiger partial charge in [-0.2, -0.15) is 0 Å². The number of halogens is 1. The SMILES string of the molecule is CC1(C(=O)O)COCC1NC(=O)NCc1ccc(Br)s1. The van der Waals surface area contributed by atoms with E-state index in [1.807, 2.05) is 12.1 Å². The van der Waals surface area contributed by atoms with Crippen molar-refractivity contribution in [2.75, 3.05) is 13.2 Å². The van der Waals surface area contributed by atoms with Crippen molar-refractivity contribution in [1.82, 2.24) is 10.6 Å². The first-order valence-corrected chi connectivity index (χ1v) is 7.62. The number of aliphatic carboxylic acids is 1. The van der Waals surface area contributed by atoms with Gasteiger partial charge < -0.3 is 20.5 Å². The molecule has 0 radical (unpaired) electrons. The van der Waals surface area contributed by atoms with Crippen LogP contribution in [0.15, 0.2) is 15.9 Å². The zero-order valence-electron chi connectivity index (χ0n) is 10.8. The van der Waals surface area contributed by atoms with Crippen molar-refractivity contribution < 1.29 is 19.4 Å². The van der Waals surface area contributed by atoms with Gasteiger partial charge in [0.05, 0.1) is 29.6 Å². The third-order valence-corrected chi connectivity index (χ3v) is 4.93. The summed E-state index contributed by atoms with van der Waals surface area (Å²) in [5.41, 5.74) is -1.08. The van der Waals surface area contributed by atoms with Gasteiger partial charge in [0.25, 0.3) is 0 Å². The van der Waals surface area contributed by atoms with E-state index in [-0.39, 0.29) is 13.2 Å². The van der Waals surface area contributed by atoms with E-state index in [0.29, 0.717) is 6.54 Å². The number of rotatable bonds is 4. The van der Waals surface area contributed by atoms with Crippen LogP contribution in [0.2, 0.25) is 0 Å². The number of carbonyl (C=O) groups is 2. The fraction of sp³-hybridized carbons (Fsp3) is 0.500. The summed E-state index contributed by atoms with van der Waals surface area (Å²) in [6.45, 7) is 2.29. The standard InChI is InChI=1S/C12H15BrN2O4S/c1-12(10(16)17)6-19-5-8(12)15-11(18)14-4-7-2-3-9(13)20-7/h2-3,8H,4-6H2,1H3,(H,16,17)(H2,14,15,18). The monoisotopic (exact) mass is 362 g/mol. The summed E-state index contributed by atoms with van der Waals surface area (Å²) in [6.07, 6.45) is 0. The molecule has 0 saturated carbocycles. The number of carbonyl (C=O) groups excluding carboxylic acids is 1. The topological polar surface area (TPSA) is 87.7 Å². The van der Waals surface area contributed by atoms with Crippen molar-refractivity contribution in [1.29, 1.82) is 0 Å². The van der Waals surface area contributed by atoms with Crippen LogP contribution < -0.4 is 10.6 Å². The van der Waals surface area contributed by atoms with Gasteiger partial charge in [0.1, 0.15) is 5.41 Å². The van der Waals surface area contributed by atoms with Crippen molar-refractivity contribution in [2.24, 2.45) is 5.41 Å². The Kier molecular flexibility index (Phi) is 4.66. The van der Waals surface area contributed by atoms with Crippen LogP contribution >= 0.6 is 27.3 Å². The van der Waals surface area contributed by atoms with Crippen LogP contribution in [0.3, 0.4) is 0 Å². The molecule has 3 N–H and O–H groups in total. The fourth-order valence-electron chi connectivity index (χ4n) is 1.91. The molecule has 2 heterocycles. The molecule has 1 aromatic rings. The molecule has 6 nitrogen and oxygen atoms in total. The van der Waals surface area contributed by atoms with E-state index in [0.717, 1.165) is 8.66 Å². The molecule has 1 aliphatic heterocycles. The van der Waals surface area contributed by atoms with Crippen LogP contribution in [0.4, 0.5) is 4.79 Å². The van der Waals surface area contributed by atoms with Crippen LogP contribution in [-0.4, -0.2) is 36.4 Å². The van der Waals surface area contributed by atoms with Crippen LogP contribution in [-0.2, 0) is 16.1 Å². The maximum atomic E-state index is 11.8. The number of carboxylic acid groups (broad SMARTS) is 1. The molecule has 2 amide bonds. The van der Waals surface area contributed by atoms with Crippen molar-refractivity contribution in [3.8, 4) is 0 Å². The number of thiophene rings is 1. The molecule has 8 heteroatoms. The lowest BCUT2D eigenvalue weighted by molar-refractivity contribution is -0.148. The fourth-order valence-corrected chi connectivity index (χ4v) is 3.33. The van der Waals surface area contributed by atoms with Gasteiger partial charge in [-0.25, -0.2) is 4.79 Å². The second-order valence-corrected chi connectivity index (χ2v) is 7.37. The molecule has 2 rings (SSSR count). The minimum absolute atomic E-state index is 0.102. The maximum Gasteiger partial charge on any atom is 0.315 e. The highest BCUT2D eigenvalue weighted by Gasteiger charge is 2.47. The summed E-state index contributed by atoms with van der Waals surface area (Å²) in [6, 6.07) is 2.90. The predicted molar refractivity (Wildman–Crippen MR) is 77.7 cm³/mol. The van der Waals surface area contributed by atoms with Crippen LogP contribution in [0.1, 0.15) is 11.8 Å². The zero-order chi connectivity index (χ0) is 14.8. The maximum absolute atomic E-state index is 11.8.